The zero-order valence-corrected chi connectivity index (χ0v) is 12.1. The first-order valence-corrected chi connectivity index (χ1v) is 7.96. The molecule has 1 rings (SSSR count). The maximum absolute atomic E-state index is 11.9. The topological polar surface area (TPSA) is 63.6 Å². The van der Waals surface area contributed by atoms with Crippen LogP contribution in [-0.2, 0) is 20.3 Å². The van der Waals surface area contributed by atoms with Gasteiger partial charge in [-0.2, -0.15) is 0 Å². The lowest BCUT2D eigenvalue weighted by atomic mass is 9.94. The molecule has 0 aromatic carbocycles. The van der Waals surface area contributed by atoms with E-state index >= 15 is 0 Å². The van der Waals surface area contributed by atoms with Crippen LogP contribution < -0.4 is 0 Å². The van der Waals surface area contributed by atoms with Gasteiger partial charge in [-0.1, -0.05) is 12.8 Å². The summed E-state index contributed by atoms with van der Waals surface area (Å²) in [7, 11) is -1.29. The summed E-state index contributed by atoms with van der Waals surface area (Å²) in [6, 6.07) is 0. The first kappa shape index (κ1) is 15.6. The molecule has 0 amide bonds. The van der Waals surface area contributed by atoms with Crippen LogP contribution in [0.2, 0.25) is 0 Å². The Hall–Kier alpha value is -0.420. The SMILES string of the molecule is CC(C)(C(=O)O)S(=O)CCCCC1CCOCC1. The fourth-order valence-corrected chi connectivity index (χ4v) is 3.23. The summed E-state index contributed by atoms with van der Waals surface area (Å²) >= 11 is 0. The third-order valence-electron chi connectivity index (χ3n) is 3.62. The molecule has 0 aromatic rings. The molecule has 0 spiro atoms. The number of ether oxygens (including phenoxy) is 1. The van der Waals surface area contributed by atoms with E-state index in [1.165, 1.54) is 13.8 Å². The monoisotopic (exact) mass is 276 g/mol. The van der Waals surface area contributed by atoms with Gasteiger partial charge in [-0.05, 0) is 39.0 Å². The van der Waals surface area contributed by atoms with Crippen molar-refractivity contribution < 1.29 is 18.8 Å². The molecule has 1 N–H and O–H groups in total. The minimum absolute atomic E-state index is 0.489. The van der Waals surface area contributed by atoms with Crippen LogP contribution >= 0.6 is 0 Å². The van der Waals surface area contributed by atoms with Crippen molar-refractivity contribution in [1.29, 1.82) is 0 Å². The average molecular weight is 276 g/mol. The third kappa shape index (κ3) is 4.69. The Balaban J connectivity index is 2.17. The van der Waals surface area contributed by atoms with Gasteiger partial charge in [-0.3, -0.25) is 9.00 Å². The van der Waals surface area contributed by atoms with Gasteiger partial charge in [-0.25, -0.2) is 0 Å². The van der Waals surface area contributed by atoms with Crippen LogP contribution in [0.4, 0.5) is 0 Å². The lowest BCUT2D eigenvalue weighted by molar-refractivity contribution is -0.139. The van der Waals surface area contributed by atoms with Crippen molar-refractivity contribution in [1.82, 2.24) is 0 Å². The number of unbranched alkanes of at least 4 members (excludes halogenated alkanes) is 1. The van der Waals surface area contributed by atoms with E-state index in [0.29, 0.717) is 5.75 Å². The van der Waals surface area contributed by atoms with Crippen LogP contribution in [0.25, 0.3) is 0 Å². The summed E-state index contributed by atoms with van der Waals surface area (Å²) in [6.45, 7) is 4.79. The van der Waals surface area contributed by atoms with E-state index in [9.17, 15) is 9.00 Å². The smallest absolute Gasteiger partial charge is 0.321 e. The van der Waals surface area contributed by atoms with Crippen molar-refractivity contribution in [2.75, 3.05) is 19.0 Å². The molecule has 106 valence electrons. The van der Waals surface area contributed by atoms with Crippen molar-refractivity contribution in [2.24, 2.45) is 5.92 Å². The van der Waals surface area contributed by atoms with Crippen molar-refractivity contribution in [2.45, 2.75) is 50.7 Å². The maximum atomic E-state index is 11.9. The van der Waals surface area contributed by atoms with Crippen LogP contribution in [0.3, 0.4) is 0 Å². The van der Waals surface area contributed by atoms with E-state index in [1.54, 1.807) is 0 Å². The molecule has 1 unspecified atom stereocenters. The van der Waals surface area contributed by atoms with E-state index in [2.05, 4.69) is 0 Å². The number of hydrogen-bond acceptors (Lipinski definition) is 3. The Bertz CT molecular complexity index is 295. The Morgan fingerprint density at radius 3 is 2.50 bits per heavy atom. The summed E-state index contributed by atoms with van der Waals surface area (Å²) in [5, 5.41) is 8.97. The molecule has 0 aromatic heterocycles. The van der Waals surface area contributed by atoms with E-state index in [4.69, 9.17) is 9.84 Å². The van der Waals surface area contributed by atoms with E-state index in [-0.39, 0.29) is 0 Å². The van der Waals surface area contributed by atoms with Gasteiger partial charge in [0.05, 0.1) is 0 Å². The molecule has 0 bridgehead atoms. The lowest BCUT2D eigenvalue weighted by Crippen LogP contribution is -2.37. The highest BCUT2D eigenvalue weighted by atomic mass is 32.2. The van der Waals surface area contributed by atoms with Crippen molar-refractivity contribution in [3.63, 3.8) is 0 Å². The summed E-state index contributed by atoms with van der Waals surface area (Å²) in [4.78, 5) is 10.9. The third-order valence-corrected chi connectivity index (χ3v) is 5.59. The number of carbonyl (C=O) groups is 1. The highest BCUT2D eigenvalue weighted by Crippen LogP contribution is 2.21. The zero-order valence-electron chi connectivity index (χ0n) is 11.3. The first-order valence-electron chi connectivity index (χ1n) is 6.64. The molecule has 4 nitrogen and oxygen atoms in total. The molecule has 18 heavy (non-hydrogen) atoms. The number of carboxylic acid groups (broad SMARTS) is 1. The van der Waals surface area contributed by atoms with Gasteiger partial charge >= 0.3 is 5.97 Å². The van der Waals surface area contributed by atoms with E-state index < -0.39 is 21.5 Å². The number of aliphatic carboxylic acids is 1. The fourth-order valence-electron chi connectivity index (χ4n) is 2.05. The standard InChI is InChI=1S/C13H24O4S/c1-13(2,12(14)15)18(16)10-4-3-5-11-6-8-17-9-7-11/h11H,3-10H2,1-2H3,(H,14,15). The van der Waals surface area contributed by atoms with Crippen LogP contribution in [0.15, 0.2) is 0 Å². The molecule has 0 aliphatic carbocycles. The quantitative estimate of drug-likeness (QED) is 0.724. The molecule has 1 atom stereocenters. The van der Waals surface area contributed by atoms with Crippen LogP contribution in [0, 0.1) is 5.92 Å². The van der Waals surface area contributed by atoms with Gasteiger partial charge in [0, 0.05) is 29.8 Å². The highest BCUT2D eigenvalue weighted by molar-refractivity contribution is 7.87. The molecular formula is C13H24O4S. The lowest BCUT2D eigenvalue weighted by Gasteiger charge is -2.22. The summed E-state index contributed by atoms with van der Waals surface area (Å²) in [5.74, 6) is 0.243. The van der Waals surface area contributed by atoms with Crippen LogP contribution in [-0.4, -0.2) is 39.0 Å². The number of rotatable bonds is 7. The van der Waals surface area contributed by atoms with Crippen molar-refractivity contribution >= 4 is 16.8 Å². The largest absolute Gasteiger partial charge is 0.480 e. The van der Waals surface area contributed by atoms with Crippen molar-refractivity contribution in [3.8, 4) is 0 Å². The Morgan fingerprint density at radius 2 is 1.94 bits per heavy atom. The molecule has 0 saturated carbocycles. The van der Waals surface area contributed by atoms with E-state index in [1.807, 2.05) is 0 Å². The minimum atomic E-state index is -1.29. The minimum Gasteiger partial charge on any atom is -0.480 e. The van der Waals surface area contributed by atoms with Gasteiger partial charge < -0.3 is 9.84 Å². The molecule has 5 heteroatoms. The zero-order chi connectivity index (χ0) is 13.6. The average Bonchev–Trinajstić information content (AvgIpc) is 2.35. The second kappa shape index (κ2) is 7.24. The highest BCUT2D eigenvalue weighted by Gasteiger charge is 2.33. The molecule has 0 radical (unpaired) electrons. The number of hydrogen-bond donors (Lipinski definition) is 1. The van der Waals surface area contributed by atoms with Crippen LogP contribution in [0.1, 0.15) is 46.0 Å². The van der Waals surface area contributed by atoms with Gasteiger partial charge in [0.2, 0.25) is 0 Å². The normalized spacial score (nSPS) is 19.7. The van der Waals surface area contributed by atoms with Gasteiger partial charge in [0.15, 0.2) is 0 Å². The Kier molecular flexibility index (Phi) is 6.29. The van der Waals surface area contributed by atoms with Crippen LogP contribution in [0.5, 0.6) is 0 Å². The second-order valence-corrected chi connectivity index (χ2v) is 7.54. The second-order valence-electron chi connectivity index (χ2n) is 5.42. The molecule has 1 aliphatic rings. The van der Waals surface area contributed by atoms with Gasteiger partial charge in [0.25, 0.3) is 0 Å². The number of carboxylic acids is 1. The first-order chi connectivity index (χ1) is 8.44. The van der Waals surface area contributed by atoms with Crippen molar-refractivity contribution in [3.05, 3.63) is 0 Å². The molecule has 1 saturated heterocycles. The fraction of sp³-hybridized carbons (Fsp3) is 0.923. The molecule has 1 heterocycles. The predicted molar refractivity (Wildman–Crippen MR) is 72.1 cm³/mol. The van der Waals surface area contributed by atoms with Gasteiger partial charge in [0.1, 0.15) is 4.75 Å². The Labute approximate surface area is 112 Å². The summed E-state index contributed by atoms with van der Waals surface area (Å²) in [6.07, 6.45) is 5.29. The van der Waals surface area contributed by atoms with Gasteiger partial charge in [-0.15, -0.1) is 0 Å². The van der Waals surface area contributed by atoms with E-state index in [0.717, 1.165) is 51.2 Å². The molecular weight excluding hydrogens is 252 g/mol. The summed E-state index contributed by atoms with van der Waals surface area (Å²) in [5.41, 5.74) is 0. The molecule has 1 aliphatic heterocycles. The Morgan fingerprint density at radius 1 is 1.33 bits per heavy atom. The maximum Gasteiger partial charge on any atom is 0.321 e. The predicted octanol–water partition coefficient (Wildman–Crippen LogP) is 2.20. The summed E-state index contributed by atoms with van der Waals surface area (Å²) < 4.78 is 16.0. The molecule has 1 fully saturated rings.